The second kappa shape index (κ2) is 12.3. The molecule has 3 rings (SSSR count). The molecule has 1 atom stereocenters. The SMILES string of the molecule is CC(C)SNCC(C)C1CCC(O)(c2ccc(CCNSc3ccccc3)cc2)CC1. The lowest BCUT2D eigenvalue weighted by Gasteiger charge is -2.38. The maximum absolute atomic E-state index is 11.3. The highest BCUT2D eigenvalue weighted by Gasteiger charge is 2.36. The quantitative estimate of drug-likeness (QED) is 0.277. The molecule has 170 valence electrons. The van der Waals surface area contributed by atoms with E-state index in [9.17, 15) is 5.11 Å². The topological polar surface area (TPSA) is 44.3 Å². The first-order valence-electron chi connectivity index (χ1n) is 11.6. The molecule has 5 heteroatoms. The predicted octanol–water partition coefficient (Wildman–Crippen LogP) is 6.19. The van der Waals surface area contributed by atoms with E-state index in [-0.39, 0.29) is 0 Å². The van der Waals surface area contributed by atoms with Gasteiger partial charge in [0.2, 0.25) is 0 Å². The van der Waals surface area contributed by atoms with Crippen LogP contribution in [-0.4, -0.2) is 23.4 Å². The Morgan fingerprint density at radius 2 is 1.65 bits per heavy atom. The summed E-state index contributed by atoms with van der Waals surface area (Å²) in [6.45, 7) is 8.76. The van der Waals surface area contributed by atoms with Crippen molar-refractivity contribution in [3.05, 3.63) is 65.7 Å². The summed E-state index contributed by atoms with van der Waals surface area (Å²) >= 11 is 3.50. The van der Waals surface area contributed by atoms with Crippen LogP contribution in [0.15, 0.2) is 59.5 Å². The fraction of sp³-hybridized carbons (Fsp3) is 0.538. The Morgan fingerprint density at radius 1 is 0.968 bits per heavy atom. The fourth-order valence-corrected chi connectivity index (χ4v) is 5.64. The van der Waals surface area contributed by atoms with Gasteiger partial charge in [0, 0.05) is 23.2 Å². The molecule has 31 heavy (non-hydrogen) atoms. The molecule has 0 aliphatic heterocycles. The minimum absolute atomic E-state index is 0.616. The molecule has 3 N–H and O–H groups in total. The predicted molar refractivity (Wildman–Crippen MR) is 136 cm³/mol. The van der Waals surface area contributed by atoms with Crippen molar-refractivity contribution in [3.63, 3.8) is 0 Å². The summed E-state index contributed by atoms with van der Waals surface area (Å²) in [5.74, 6) is 1.35. The Morgan fingerprint density at radius 3 is 2.29 bits per heavy atom. The highest BCUT2D eigenvalue weighted by Crippen LogP contribution is 2.41. The molecule has 0 spiro atoms. The molecule has 1 aliphatic carbocycles. The van der Waals surface area contributed by atoms with Crippen LogP contribution in [0.4, 0.5) is 0 Å². The summed E-state index contributed by atoms with van der Waals surface area (Å²) in [7, 11) is 0. The van der Waals surface area contributed by atoms with Gasteiger partial charge in [-0.25, -0.2) is 0 Å². The molecule has 1 fully saturated rings. The van der Waals surface area contributed by atoms with Crippen molar-refractivity contribution in [2.45, 2.75) is 68.6 Å². The molecule has 2 aromatic rings. The molecule has 0 saturated heterocycles. The number of rotatable bonds is 11. The summed E-state index contributed by atoms with van der Waals surface area (Å²) in [5, 5.41) is 11.9. The Bertz CT molecular complexity index is 759. The van der Waals surface area contributed by atoms with E-state index in [0.717, 1.165) is 50.8 Å². The highest BCUT2D eigenvalue weighted by molar-refractivity contribution is 7.98. The van der Waals surface area contributed by atoms with E-state index in [1.165, 1.54) is 10.5 Å². The lowest BCUT2D eigenvalue weighted by molar-refractivity contribution is -0.0207. The van der Waals surface area contributed by atoms with Crippen LogP contribution in [0.1, 0.15) is 57.6 Å². The molecule has 0 aromatic heterocycles. The molecule has 1 saturated carbocycles. The second-order valence-electron chi connectivity index (χ2n) is 9.12. The van der Waals surface area contributed by atoms with E-state index >= 15 is 0 Å². The Labute approximate surface area is 197 Å². The van der Waals surface area contributed by atoms with Crippen molar-refractivity contribution >= 4 is 23.9 Å². The normalized spacial score (nSPS) is 22.5. The molecule has 3 nitrogen and oxygen atoms in total. The van der Waals surface area contributed by atoms with Crippen LogP contribution in [0.5, 0.6) is 0 Å². The van der Waals surface area contributed by atoms with Gasteiger partial charge in [-0.15, -0.1) is 0 Å². The number of aliphatic hydroxyl groups is 1. The van der Waals surface area contributed by atoms with E-state index in [2.05, 4.69) is 78.7 Å². The number of hydrogen-bond acceptors (Lipinski definition) is 5. The average Bonchev–Trinajstić information content (AvgIpc) is 2.78. The lowest BCUT2D eigenvalue weighted by atomic mass is 9.71. The van der Waals surface area contributed by atoms with E-state index in [4.69, 9.17) is 0 Å². The van der Waals surface area contributed by atoms with Gasteiger partial charge in [0.15, 0.2) is 0 Å². The zero-order chi connectivity index (χ0) is 22.1. The third kappa shape index (κ3) is 7.83. The molecular formula is C26H38N2OS2. The molecule has 0 bridgehead atoms. The molecule has 0 heterocycles. The molecule has 0 amide bonds. The van der Waals surface area contributed by atoms with Crippen LogP contribution in [-0.2, 0) is 12.0 Å². The first-order chi connectivity index (χ1) is 15.0. The monoisotopic (exact) mass is 458 g/mol. The largest absolute Gasteiger partial charge is 0.385 e. The first-order valence-corrected chi connectivity index (χ1v) is 13.3. The van der Waals surface area contributed by atoms with Gasteiger partial charge in [-0.2, -0.15) is 0 Å². The van der Waals surface area contributed by atoms with Crippen LogP contribution < -0.4 is 9.44 Å². The first kappa shape index (κ1) is 24.7. The van der Waals surface area contributed by atoms with Crippen molar-refractivity contribution in [3.8, 4) is 0 Å². The maximum atomic E-state index is 11.3. The zero-order valence-electron chi connectivity index (χ0n) is 19.1. The third-order valence-corrected chi connectivity index (χ3v) is 7.99. The van der Waals surface area contributed by atoms with Crippen molar-refractivity contribution < 1.29 is 5.11 Å². The van der Waals surface area contributed by atoms with Crippen LogP contribution in [0, 0.1) is 11.8 Å². The fourth-order valence-electron chi connectivity index (χ4n) is 4.29. The second-order valence-corrected chi connectivity index (χ2v) is 11.5. The molecule has 2 aromatic carbocycles. The van der Waals surface area contributed by atoms with Crippen molar-refractivity contribution in [1.82, 2.24) is 9.44 Å². The van der Waals surface area contributed by atoms with Gasteiger partial charge in [-0.1, -0.05) is 75.2 Å². The van der Waals surface area contributed by atoms with Gasteiger partial charge >= 0.3 is 0 Å². The summed E-state index contributed by atoms with van der Waals surface area (Å²) < 4.78 is 6.95. The standard InChI is InChI=1S/C26H38N2OS2/c1-20(2)30-28-19-21(3)23-13-16-26(29,17-14-23)24-11-9-22(10-12-24)15-18-27-31-25-7-5-4-6-8-25/h4-12,20-21,23,27-29H,13-19H2,1-3H3. The van der Waals surface area contributed by atoms with E-state index < -0.39 is 5.60 Å². The Balaban J connectivity index is 1.42. The van der Waals surface area contributed by atoms with Crippen LogP contribution in [0.2, 0.25) is 0 Å². The smallest absolute Gasteiger partial charge is 0.0896 e. The average molecular weight is 459 g/mol. The third-order valence-electron chi connectivity index (χ3n) is 6.33. The Hall–Kier alpha value is -0.980. The number of hydrogen-bond donors (Lipinski definition) is 3. The summed E-state index contributed by atoms with van der Waals surface area (Å²) in [4.78, 5) is 1.24. The minimum Gasteiger partial charge on any atom is -0.385 e. The molecule has 0 radical (unpaired) electrons. The Kier molecular flexibility index (Phi) is 9.79. The van der Waals surface area contributed by atoms with Crippen LogP contribution in [0.3, 0.4) is 0 Å². The van der Waals surface area contributed by atoms with Crippen LogP contribution >= 0.6 is 23.9 Å². The number of benzene rings is 2. The van der Waals surface area contributed by atoms with Gasteiger partial charge in [0.1, 0.15) is 0 Å². The summed E-state index contributed by atoms with van der Waals surface area (Å²) in [5.41, 5.74) is 1.74. The maximum Gasteiger partial charge on any atom is 0.0896 e. The highest BCUT2D eigenvalue weighted by atomic mass is 32.2. The van der Waals surface area contributed by atoms with Gasteiger partial charge in [0.05, 0.1) is 5.60 Å². The molecule has 1 aliphatic rings. The van der Waals surface area contributed by atoms with E-state index in [1.807, 2.05) is 18.0 Å². The van der Waals surface area contributed by atoms with Gasteiger partial charge in [-0.3, -0.25) is 9.44 Å². The van der Waals surface area contributed by atoms with E-state index in [0.29, 0.717) is 17.1 Å². The van der Waals surface area contributed by atoms with Gasteiger partial charge in [0.25, 0.3) is 0 Å². The minimum atomic E-state index is -0.656. The van der Waals surface area contributed by atoms with Gasteiger partial charge in [-0.05, 0) is 79.1 Å². The van der Waals surface area contributed by atoms with E-state index in [1.54, 1.807) is 11.9 Å². The van der Waals surface area contributed by atoms with Crippen molar-refractivity contribution in [2.24, 2.45) is 11.8 Å². The summed E-state index contributed by atoms with van der Waals surface area (Å²) in [6.07, 6.45) is 4.93. The van der Waals surface area contributed by atoms with Crippen molar-refractivity contribution in [1.29, 1.82) is 0 Å². The number of nitrogens with one attached hydrogen (secondary N) is 2. The molecule has 1 unspecified atom stereocenters. The lowest BCUT2D eigenvalue weighted by Crippen LogP contribution is -2.35. The molecular weight excluding hydrogens is 420 g/mol. The van der Waals surface area contributed by atoms with Crippen molar-refractivity contribution in [2.75, 3.05) is 13.1 Å². The van der Waals surface area contributed by atoms with Crippen LogP contribution in [0.25, 0.3) is 0 Å². The zero-order valence-corrected chi connectivity index (χ0v) is 20.8. The van der Waals surface area contributed by atoms with Gasteiger partial charge < -0.3 is 5.11 Å². The summed E-state index contributed by atoms with van der Waals surface area (Å²) in [6, 6.07) is 19.0.